The lowest BCUT2D eigenvalue weighted by Gasteiger charge is -2.49. The SMILES string of the molecule is CN(Sc1ccccc1N)C(C)(C)C=O.CNC1C(C)CC2CC1CC(C)(O)C2. The fraction of sp³-hybridized carbons (Fsp3) is 0.696. The van der Waals surface area contributed by atoms with Crippen molar-refractivity contribution in [1.29, 1.82) is 0 Å². The van der Waals surface area contributed by atoms with E-state index in [1.807, 2.05) is 56.4 Å². The Balaban J connectivity index is 0.000000207. The minimum Gasteiger partial charge on any atom is -0.398 e. The highest BCUT2D eigenvalue weighted by molar-refractivity contribution is 7.97. The van der Waals surface area contributed by atoms with Gasteiger partial charge in [0.05, 0.1) is 11.1 Å². The fourth-order valence-corrected chi connectivity index (χ4v) is 5.76. The number of nitrogens with one attached hydrogen (secondary N) is 1. The van der Waals surface area contributed by atoms with Gasteiger partial charge in [-0.05, 0) is 102 Å². The predicted molar refractivity (Wildman–Crippen MR) is 123 cm³/mol. The average molecular weight is 422 g/mol. The first-order chi connectivity index (χ1) is 13.5. The number of aliphatic hydroxyl groups is 1. The molecule has 4 N–H and O–H groups in total. The number of likely N-dealkylation sites (N-methyl/N-ethyl adjacent to an activating group) is 1. The summed E-state index contributed by atoms with van der Waals surface area (Å²) in [7, 11) is 3.94. The van der Waals surface area contributed by atoms with Crippen molar-refractivity contribution in [3.8, 4) is 0 Å². The van der Waals surface area contributed by atoms with E-state index in [2.05, 4.69) is 19.3 Å². The van der Waals surface area contributed by atoms with E-state index in [1.54, 1.807) is 0 Å². The van der Waals surface area contributed by atoms with Crippen LogP contribution < -0.4 is 11.1 Å². The Morgan fingerprint density at radius 3 is 2.55 bits per heavy atom. The van der Waals surface area contributed by atoms with E-state index in [0.29, 0.717) is 12.0 Å². The monoisotopic (exact) mass is 421 g/mol. The van der Waals surface area contributed by atoms with E-state index >= 15 is 0 Å². The van der Waals surface area contributed by atoms with E-state index < -0.39 is 11.1 Å². The molecule has 2 aliphatic carbocycles. The average Bonchev–Trinajstić information content (AvgIpc) is 2.62. The summed E-state index contributed by atoms with van der Waals surface area (Å²) >= 11 is 1.48. The number of benzene rings is 1. The second-order valence-corrected chi connectivity index (χ2v) is 10.9. The van der Waals surface area contributed by atoms with Crippen LogP contribution in [0.4, 0.5) is 5.69 Å². The highest BCUT2D eigenvalue weighted by atomic mass is 32.2. The molecule has 0 aliphatic heterocycles. The quantitative estimate of drug-likeness (QED) is 0.379. The molecule has 0 heterocycles. The molecule has 1 aromatic rings. The lowest BCUT2D eigenvalue weighted by molar-refractivity contribution is -0.113. The molecule has 6 heteroatoms. The maximum absolute atomic E-state index is 10.9. The molecule has 5 nitrogen and oxygen atoms in total. The number of nitrogen functional groups attached to an aromatic ring is 1. The lowest BCUT2D eigenvalue weighted by atomic mass is 9.61. The number of hydrogen-bond donors (Lipinski definition) is 3. The number of hydrogen-bond acceptors (Lipinski definition) is 6. The van der Waals surface area contributed by atoms with Gasteiger partial charge in [-0.3, -0.25) is 0 Å². The zero-order valence-electron chi connectivity index (χ0n) is 18.8. The van der Waals surface area contributed by atoms with Crippen molar-refractivity contribution in [2.75, 3.05) is 19.8 Å². The minimum atomic E-state index is -0.493. The summed E-state index contributed by atoms with van der Waals surface area (Å²) in [4.78, 5) is 11.8. The summed E-state index contributed by atoms with van der Waals surface area (Å²) in [5, 5.41) is 13.6. The molecule has 0 radical (unpaired) electrons. The Hall–Kier alpha value is -1.08. The first-order valence-corrected chi connectivity index (χ1v) is 11.4. The van der Waals surface area contributed by atoms with Gasteiger partial charge in [-0.15, -0.1) is 0 Å². The summed E-state index contributed by atoms with van der Waals surface area (Å²) in [6.45, 7) is 8.09. The maximum atomic E-state index is 10.9. The Kier molecular flexibility index (Phi) is 8.19. The molecule has 1 aromatic carbocycles. The number of rotatable bonds is 5. The van der Waals surface area contributed by atoms with Crippen LogP contribution in [0.5, 0.6) is 0 Å². The Bertz CT molecular complexity index is 678. The highest BCUT2D eigenvalue weighted by Crippen LogP contribution is 2.46. The first-order valence-electron chi connectivity index (χ1n) is 10.6. The molecule has 164 valence electrons. The van der Waals surface area contributed by atoms with Crippen LogP contribution in [0.25, 0.3) is 0 Å². The molecular formula is C23H39N3O2S. The predicted octanol–water partition coefficient (Wildman–Crippen LogP) is 3.97. The number of anilines is 1. The van der Waals surface area contributed by atoms with Crippen molar-refractivity contribution in [1.82, 2.24) is 9.62 Å². The number of nitrogens with zero attached hydrogens (tertiary/aromatic N) is 1. The van der Waals surface area contributed by atoms with E-state index in [9.17, 15) is 9.90 Å². The van der Waals surface area contributed by atoms with Crippen molar-refractivity contribution in [2.45, 2.75) is 75.5 Å². The number of carbonyl (C=O) groups excluding carboxylic acids is 1. The Morgan fingerprint density at radius 1 is 1.31 bits per heavy atom. The molecule has 29 heavy (non-hydrogen) atoms. The molecule has 5 unspecified atom stereocenters. The molecule has 0 saturated heterocycles. The molecule has 3 rings (SSSR count). The van der Waals surface area contributed by atoms with Gasteiger partial charge in [0.1, 0.15) is 6.29 Å². The van der Waals surface area contributed by atoms with Crippen molar-refractivity contribution < 1.29 is 9.90 Å². The smallest absolute Gasteiger partial charge is 0.140 e. The van der Waals surface area contributed by atoms with Gasteiger partial charge in [0.25, 0.3) is 0 Å². The van der Waals surface area contributed by atoms with Crippen molar-refractivity contribution in [3.05, 3.63) is 24.3 Å². The summed E-state index contributed by atoms with van der Waals surface area (Å²) in [6, 6.07) is 8.24. The van der Waals surface area contributed by atoms with Crippen LogP contribution in [-0.4, -0.2) is 47.0 Å². The minimum absolute atomic E-state index is 0.400. The van der Waals surface area contributed by atoms with Gasteiger partial charge >= 0.3 is 0 Å². The third-order valence-corrected chi connectivity index (χ3v) is 7.79. The third-order valence-electron chi connectivity index (χ3n) is 6.48. The maximum Gasteiger partial charge on any atom is 0.140 e. The van der Waals surface area contributed by atoms with Gasteiger partial charge in [0, 0.05) is 16.6 Å². The number of carbonyl (C=O) groups is 1. The molecule has 2 fully saturated rings. The van der Waals surface area contributed by atoms with Gasteiger partial charge in [-0.1, -0.05) is 19.1 Å². The molecule has 2 bridgehead atoms. The van der Waals surface area contributed by atoms with E-state index in [4.69, 9.17) is 5.73 Å². The number of fused-ring (bicyclic) bond motifs is 2. The van der Waals surface area contributed by atoms with Gasteiger partial charge < -0.3 is 21.0 Å². The normalized spacial score (nSPS) is 31.7. The lowest BCUT2D eigenvalue weighted by Crippen LogP contribution is -2.51. The summed E-state index contributed by atoms with van der Waals surface area (Å²) in [5.74, 6) is 2.24. The second kappa shape index (κ2) is 9.82. The summed E-state index contributed by atoms with van der Waals surface area (Å²) in [6.07, 6.45) is 5.55. The highest BCUT2D eigenvalue weighted by Gasteiger charge is 2.44. The number of aldehydes is 1. The molecule has 0 spiro atoms. The second-order valence-electron chi connectivity index (χ2n) is 9.69. The van der Waals surface area contributed by atoms with Gasteiger partial charge in [-0.2, -0.15) is 0 Å². The van der Waals surface area contributed by atoms with Crippen molar-refractivity contribution in [2.24, 2.45) is 17.8 Å². The topological polar surface area (TPSA) is 78.6 Å². The molecule has 2 aliphatic rings. The third kappa shape index (κ3) is 6.45. The molecular weight excluding hydrogens is 382 g/mol. The standard InChI is InChI=1S/C12H23NO.C11H16N2OS/c1-8-4-9-5-10(11(8)13-3)7-12(2,14)6-9;1-11(2,8-14)13(3)15-10-7-5-4-6-9(10)12/h8-11,13-14H,4-7H2,1-3H3;4-8H,12H2,1-3H3. The first kappa shape index (κ1) is 24.2. The van der Waals surface area contributed by atoms with Crippen molar-refractivity contribution >= 4 is 23.9 Å². The van der Waals surface area contributed by atoms with Gasteiger partial charge in [-0.25, -0.2) is 4.31 Å². The fourth-order valence-electron chi connectivity index (χ4n) is 4.88. The molecule has 5 atom stereocenters. The van der Waals surface area contributed by atoms with E-state index in [1.165, 1.54) is 24.8 Å². The Morgan fingerprint density at radius 2 is 1.97 bits per heavy atom. The van der Waals surface area contributed by atoms with Crippen LogP contribution in [0.1, 0.15) is 53.4 Å². The molecule has 0 amide bonds. The van der Waals surface area contributed by atoms with Crippen LogP contribution in [0.2, 0.25) is 0 Å². The number of nitrogens with two attached hydrogens (primary N) is 1. The van der Waals surface area contributed by atoms with Gasteiger partial charge in [0.2, 0.25) is 0 Å². The van der Waals surface area contributed by atoms with Crippen LogP contribution in [0.15, 0.2) is 29.2 Å². The number of para-hydroxylation sites is 1. The Labute approximate surface area is 180 Å². The van der Waals surface area contributed by atoms with Crippen LogP contribution >= 0.6 is 11.9 Å². The zero-order valence-corrected chi connectivity index (χ0v) is 19.6. The molecule has 0 aromatic heterocycles. The zero-order chi connectivity index (χ0) is 21.8. The van der Waals surface area contributed by atoms with E-state index in [0.717, 1.165) is 41.5 Å². The largest absolute Gasteiger partial charge is 0.398 e. The van der Waals surface area contributed by atoms with Crippen LogP contribution in [0.3, 0.4) is 0 Å². The summed E-state index contributed by atoms with van der Waals surface area (Å²) < 4.78 is 1.89. The molecule has 2 saturated carbocycles. The van der Waals surface area contributed by atoms with E-state index in [-0.39, 0.29) is 0 Å². The van der Waals surface area contributed by atoms with Crippen LogP contribution in [0, 0.1) is 17.8 Å². The van der Waals surface area contributed by atoms with Gasteiger partial charge in [0.15, 0.2) is 0 Å². The summed E-state index contributed by atoms with van der Waals surface area (Å²) in [5.41, 5.74) is 5.66. The van der Waals surface area contributed by atoms with Crippen molar-refractivity contribution in [3.63, 3.8) is 0 Å². The van der Waals surface area contributed by atoms with Crippen LogP contribution in [-0.2, 0) is 4.79 Å².